The molecule has 1 amide bonds. The monoisotopic (exact) mass is 311 g/mol. The molecule has 0 aliphatic carbocycles. The van der Waals surface area contributed by atoms with Gasteiger partial charge in [0.05, 0.1) is 4.92 Å². The lowest BCUT2D eigenvalue weighted by molar-refractivity contribution is -0.385. The SMILES string of the molecule is CC(CNC(=O)c1cccc(Cl)c1[N+](=O)[O-])N1CCCC1. The fraction of sp³-hybridized carbons (Fsp3) is 0.500. The molecule has 21 heavy (non-hydrogen) atoms. The van der Waals surface area contributed by atoms with E-state index in [1.165, 1.54) is 31.0 Å². The maximum absolute atomic E-state index is 12.1. The standard InChI is InChI=1S/C14H18ClN3O3/c1-10(17-7-2-3-8-17)9-16-14(19)11-5-4-6-12(15)13(11)18(20)21/h4-6,10H,2-3,7-9H2,1H3,(H,16,19). The Balaban J connectivity index is 2.03. The Labute approximate surface area is 128 Å². The van der Waals surface area contributed by atoms with Gasteiger partial charge in [-0.2, -0.15) is 0 Å². The summed E-state index contributed by atoms with van der Waals surface area (Å²) in [5.74, 6) is -0.463. The Bertz CT molecular complexity index is 544. The zero-order valence-electron chi connectivity index (χ0n) is 11.8. The van der Waals surface area contributed by atoms with Crippen molar-refractivity contribution < 1.29 is 9.72 Å². The van der Waals surface area contributed by atoms with Gasteiger partial charge in [-0.3, -0.25) is 19.8 Å². The van der Waals surface area contributed by atoms with Crippen LogP contribution in [0.3, 0.4) is 0 Å². The highest BCUT2D eigenvalue weighted by Gasteiger charge is 2.24. The second kappa shape index (κ2) is 6.87. The molecule has 1 saturated heterocycles. The van der Waals surface area contributed by atoms with Gasteiger partial charge in [0.2, 0.25) is 0 Å². The van der Waals surface area contributed by atoms with Gasteiger partial charge in [-0.1, -0.05) is 17.7 Å². The second-order valence-corrected chi connectivity index (χ2v) is 5.60. The number of likely N-dealkylation sites (tertiary alicyclic amines) is 1. The van der Waals surface area contributed by atoms with Crippen molar-refractivity contribution in [1.29, 1.82) is 0 Å². The summed E-state index contributed by atoms with van der Waals surface area (Å²) >= 11 is 5.80. The van der Waals surface area contributed by atoms with Crippen molar-refractivity contribution in [2.75, 3.05) is 19.6 Å². The normalized spacial score (nSPS) is 16.7. The Kier molecular flexibility index (Phi) is 5.14. The number of nitrogens with zero attached hydrogens (tertiary/aromatic N) is 2. The van der Waals surface area contributed by atoms with E-state index in [-0.39, 0.29) is 22.3 Å². The number of carbonyl (C=O) groups is 1. The third-order valence-corrected chi connectivity index (χ3v) is 4.04. The van der Waals surface area contributed by atoms with Gasteiger partial charge >= 0.3 is 5.69 Å². The number of hydrogen-bond acceptors (Lipinski definition) is 4. The largest absolute Gasteiger partial charge is 0.350 e. The molecule has 1 aromatic rings. The minimum Gasteiger partial charge on any atom is -0.350 e. The Morgan fingerprint density at radius 3 is 2.76 bits per heavy atom. The predicted molar refractivity (Wildman–Crippen MR) is 80.7 cm³/mol. The summed E-state index contributed by atoms with van der Waals surface area (Å²) in [6.07, 6.45) is 2.36. The van der Waals surface area contributed by atoms with E-state index in [1.54, 1.807) is 0 Å². The third kappa shape index (κ3) is 3.71. The van der Waals surface area contributed by atoms with Crippen LogP contribution in [0.2, 0.25) is 5.02 Å². The minimum atomic E-state index is -0.624. The quantitative estimate of drug-likeness (QED) is 0.669. The Hall–Kier alpha value is -1.66. The average molecular weight is 312 g/mol. The summed E-state index contributed by atoms with van der Waals surface area (Å²) < 4.78 is 0. The highest BCUT2D eigenvalue weighted by molar-refractivity contribution is 6.33. The van der Waals surface area contributed by atoms with Gasteiger partial charge in [0.25, 0.3) is 5.91 Å². The summed E-state index contributed by atoms with van der Waals surface area (Å²) in [7, 11) is 0. The van der Waals surface area contributed by atoms with E-state index in [9.17, 15) is 14.9 Å². The smallest absolute Gasteiger partial charge is 0.300 e. The highest BCUT2D eigenvalue weighted by Crippen LogP contribution is 2.28. The molecule has 114 valence electrons. The second-order valence-electron chi connectivity index (χ2n) is 5.20. The molecule has 1 N–H and O–H groups in total. The molecule has 1 fully saturated rings. The number of halogens is 1. The number of para-hydroxylation sites is 1. The number of hydrogen-bond donors (Lipinski definition) is 1. The van der Waals surface area contributed by atoms with Gasteiger partial charge in [-0.05, 0) is 45.0 Å². The van der Waals surface area contributed by atoms with Crippen LogP contribution in [-0.4, -0.2) is 41.4 Å². The van der Waals surface area contributed by atoms with E-state index < -0.39 is 10.8 Å². The molecule has 6 nitrogen and oxygen atoms in total. The van der Waals surface area contributed by atoms with Crippen LogP contribution < -0.4 is 5.32 Å². The van der Waals surface area contributed by atoms with Crippen molar-refractivity contribution in [3.8, 4) is 0 Å². The fourth-order valence-electron chi connectivity index (χ4n) is 2.53. The lowest BCUT2D eigenvalue weighted by Gasteiger charge is -2.23. The molecule has 1 unspecified atom stereocenters. The van der Waals surface area contributed by atoms with Gasteiger partial charge in [0.15, 0.2) is 0 Å². The van der Waals surface area contributed by atoms with Crippen LogP contribution in [0.5, 0.6) is 0 Å². The third-order valence-electron chi connectivity index (χ3n) is 3.74. The predicted octanol–water partition coefficient (Wildman–Crippen LogP) is 2.46. The van der Waals surface area contributed by atoms with Crippen LogP contribution in [0.1, 0.15) is 30.1 Å². The molecule has 1 heterocycles. The summed E-state index contributed by atoms with van der Waals surface area (Å²) in [6, 6.07) is 4.58. The number of nitrogens with one attached hydrogen (secondary N) is 1. The van der Waals surface area contributed by atoms with Gasteiger partial charge in [0, 0.05) is 12.6 Å². The first-order valence-corrected chi connectivity index (χ1v) is 7.33. The summed E-state index contributed by atoms with van der Waals surface area (Å²) in [4.78, 5) is 24.9. The van der Waals surface area contributed by atoms with Crippen molar-refractivity contribution in [3.05, 3.63) is 38.9 Å². The lowest BCUT2D eigenvalue weighted by Crippen LogP contribution is -2.40. The Morgan fingerprint density at radius 1 is 1.48 bits per heavy atom. The van der Waals surface area contributed by atoms with E-state index in [2.05, 4.69) is 10.2 Å². The molecule has 0 bridgehead atoms. The lowest BCUT2D eigenvalue weighted by atomic mass is 10.1. The summed E-state index contributed by atoms with van der Waals surface area (Å²) in [6.45, 7) is 4.57. The average Bonchev–Trinajstić information content (AvgIpc) is 2.97. The number of nitro groups is 1. The van der Waals surface area contributed by atoms with E-state index in [1.807, 2.05) is 6.92 Å². The zero-order valence-corrected chi connectivity index (χ0v) is 12.6. The molecule has 1 aromatic carbocycles. The molecule has 2 rings (SSSR count). The fourth-order valence-corrected chi connectivity index (χ4v) is 2.77. The van der Waals surface area contributed by atoms with E-state index >= 15 is 0 Å². The van der Waals surface area contributed by atoms with Crippen LogP contribution in [-0.2, 0) is 0 Å². The molecule has 0 aromatic heterocycles. The van der Waals surface area contributed by atoms with Gasteiger partial charge in [-0.25, -0.2) is 0 Å². The number of nitro benzene ring substituents is 1. The van der Waals surface area contributed by atoms with E-state index in [4.69, 9.17) is 11.6 Å². The molecule has 0 radical (unpaired) electrons. The van der Waals surface area contributed by atoms with Crippen molar-refractivity contribution in [3.63, 3.8) is 0 Å². The summed E-state index contributed by atoms with van der Waals surface area (Å²) in [5, 5.41) is 13.8. The first kappa shape index (κ1) is 15.7. The van der Waals surface area contributed by atoms with Crippen LogP contribution in [0, 0.1) is 10.1 Å². The molecule has 7 heteroatoms. The van der Waals surface area contributed by atoms with Crippen molar-refractivity contribution in [1.82, 2.24) is 10.2 Å². The van der Waals surface area contributed by atoms with Gasteiger partial charge in [0.1, 0.15) is 10.6 Å². The van der Waals surface area contributed by atoms with Crippen LogP contribution >= 0.6 is 11.6 Å². The van der Waals surface area contributed by atoms with E-state index in [0.29, 0.717) is 6.54 Å². The number of benzene rings is 1. The molecule has 0 saturated carbocycles. The molecule has 0 spiro atoms. The highest BCUT2D eigenvalue weighted by atomic mass is 35.5. The molecule has 1 aliphatic rings. The number of rotatable bonds is 5. The van der Waals surface area contributed by atoms with Gasteiger partial charge in [-0.15, -0.1) is 0 Å². The number of amides is 1. The van der Waals surface area contributed by atoms with E-state index in [0.717, 1.165) is 13.1 Å². The minimum absolute atomic E-state index is 0.00104. The van der Waals surface area contributed by atoms with Crippen LogP contribution in [0.25, 0.3) is 0 Å². The maximum Gasteiger partial charge on any atom is 0.300 e. The first-order chi connectivity index (χ1) is 10.0. The molecule has 1 atom stereocenters. The van der Waals surface area contributed by atoms with Crippen molar-refractivity contribution in [2.24, 2.45) is 0 Å². The van der Waals surface area contributed by atoms with Crippen LogP contribution in [0.4, 0.5) is 5.69 Å². The number of carbonyl (C=O) groups excluding carboxylic acids is 1. The zero-order chi connectivity index (χ0) is 15.4. The molecule has 1 aliphatic heterocycles. The van der Waals surface area contributed by atoms with Crippen molar-refractivity contribution >= 4 is 23.2 Å². The Morgan fingerprint density at radius 2 is 2.14 bits per heavy atom. The molecular weight excluding hydrogens is 294 g/mol. The van der Waals surface area contributed by atoms with Gasteiger partial charge < -0.3 is 5.32 Å². The first-order valence-electron chi connectivity index (χ1n) is 6.96. The maximum atomic E-state index is 12.1. The molecular formula is C14H18ClN3O3. The van der Waals surface area contributed by atoms with Crippen LogP contribution in [0.15, 0.2) is 18.2 Å². The van der Waals surface area contributed by atoms with Crippen molar-refractivity contribution in [2.45, 2.75) is 25.8 Å². The summed E-state index contributed by atoms with van der Waals surface area (Å²) in [5.41, 5.74) is -0.341. The topological polar surface area (TPSA) is 75.5 Å².